The van der Waals surface area contributed by atoms with Crippen LogP contribution in [0.3, 0.4) is 0 Å². The lowest BCUT2D eigenvalue weighted by Crippen LogP contribution is -2.10. The summed E-state index contributed by atoms with van der Waals surface area (Å²) in [4.78, 5) is 8.90. The minimum atomic E-state index is 0.291. The molecule has 102 valence electrons. The van der Waals surface area contributed by atoms with Crippen LogP contribution in [-0.4, -0.2) is 14.5 Å². The van der Waals surface area contributed by atoms with E-state index in [9.17, 15) is 0 Å². The fourth-order valence-electron chi connectivity index (χ4n) is 2.17. The second kappa shape index (κ2) is 5.33. The van der Waals surface area contributed by atoms with Gasteiger partial charge in [-0.05, 0) is 35.8 Å². The Balaban J connectivity index is 2.62. The Bertz CT molecular complexity index is 587. The number of halogens is 1. The van der Waals surface area contributed by atoms with Crippen LogP contribution in [0.1, 0.15) is 45.5 Å². The van der Waals surface area contributed by atoms with Gasteiger partial charge in [0.25, 0.3) is 0 Å². The molecule has 0 unspecified atom stereocenters. The van der Waals surface area contributed by atoms with Crippen LogP contribution in [0.2, 0.25) is 0 Å². The van der Waals surface area contributed by atoms with E-state index in [0.29, 0.717) is 17.8 Å². The van der Waals surface area contributed by atoms with Crippen LogP contribution >= 0.6 is 15.9 Å². The van der Waals surface area contributed by atoms with Crippen molar-refractivity contribution in [2.24, 2.45) is 0 Å². The van der Waals surface area contributed by atoms with Crippen LogP contribution in [0.25, 0.3) is 11.3 Å². The minimum Gasteiger partial charge on any atom is -0.383 e. The Hall–Kier alpha value is -1.36. The van der Waals surface area contributed by atoms with Gasteiger partial charge in [0, 0.05) is 34.4 Å². The number of hydrogen-bond donors (Lipinski definition) is 1. The highest BCUT2D eigenvalue weighted by molar-refractivity contribution is 9.10. The molecular formula is C14H19BrN4. The maximum absolute atomic E-state index is 6.28. The molecule has 4 nitrogen and oxygen atoms in total. The highest BCUT2D eigenvalue weighted by Crippen LogP contribution is 2.32. The number of hydrogen-bond acceptors (Lipinski definition) is 3. The molecule has 0 atom stereocenters. The number of pyridine rings is 1. The summed E-state index contributed by atoms with van der Waals surface area (Å²) in [5.41, 5.74) is 8.03. The molecule has 2 N–H and O–H groups in total. The SMILES string of the molecule is CC(C)c1nc(-c2cncc(Br)c2)c(N)n1C(C)C. The molecule has 0 bridgehead atoms. The lowest BCUT2D eigenvalue weighted by atomic mass is 10.2. The molecule has 0 saturated carbocycles. The number of imidazole rings is 1. The third-order valence-corrected chi connectivity index (χ3v) is 3.42. The highest BCUT2D eigenvalue weighted by Gasteiger charge is 2.20. The van der Waals surface area contributed by atoms with Gasteiger partial charge in [0.05, 0.1) is 0 Å². The van der Waals surface area contributed by atoms with Gasteiger partial charge in [0.1, 0.15) is 17.3 Å². The summed E-state index contributed by atoms with van der Waals surface area (Å²) < 4.78 is 3.02. The Kier molecular flexibility index (Phi) is 3.94. The summed E-state index contributed by atoms with van der Waals surface area (Å²) in [5.74, 6) is 2.06. The summed E-state index contributed by atoms with van der Waals surface area (Å²) in [5, 5.41) is 0. The first-order chi connectivity index (χ1) is 8.91. The van der Waals surface area contributed by atoms with Crippen molar-refractivity contribution in [3.63, 3.8) is 0 Å². The number of anilines is 1. The summed E-state index contributed by atoms with van der Waals surface area (Å²) in [6.45, 7) is 8.49. The smallest absolute Gasteiger partial charge is 0.132 e. The minimum absolute atomic E-state index is 0.291. The third kappa shape index (κ3) is 2.66. The Morgan fingerprint density at radius 1 is 1.21 bits per heavy atom. The predicted molar refractivity (Wildman–Crippen MR) is 82.0 cm³/mol. The van der Waals surface area contributed by atoms with E-state index in [4.69, 9.17) is 10.7 Å². The van der Waals surface area contributed by atoms with Crippen LogP contribution in [0.4, 0.5) is 5.82 Å². The quantitative estimate of drug-likeness (QED) is 0.929. The van der Waals surface area contributed by atoms with E-state index in [1.807, 2.05) is 6.07 Å². The van der Waals surface area contributed by atoms with Gasteiger partial charge >= 0.3 is 0 Å². The van der Waals surface area contributed by atoms with Gasteiger partial charge in [-0.15, -0.1) is 0 Å². The van der Waals surface area contributed by atoms with Crippen LogP contribution in [-0.2, 0) is 0 Å². The molecule has 19 heavy (non-hydrogen) atoms. The molecule has 0 radical (unpaired) electrons. The lowest BCUT2D eigenvalue weighted by Gasteiger charge is -2.15. The van der Waals surface area contributed by atoms with E-state index in [-0.39, 0.29) is 0 Å². The van der Waals surface area contributed by atoms with E-state index in [0.717, 1.165) is 21.6 Å². The number of nitrogen functional groups attached to an aromatic ring is 1. The van der Waals surface area contributed by atoms with Crippen molar-refractivity contribution < 1.29 is 0 Å². The highest BCUT2D eigenvalue weighted by atomic mass is 79.9. The molecule has 2 heterocycles. The topological polar surface area (TPSA) is 56.7 Å². The first-order valence-electron chi connectivity index (χ1n) is 6.40. The average molecular weight is 323 g/mol. The van der Waals surface area contributed by atoms with Crippen LogP contribution in [0.15, 0.2) is 22.9 Å². The Labute approximate surface area is 122 Å². The maximum atomic E-state index is 6.28. The molecule has 2 aromatic heterocycles. The van der Waals surface area contributed by atoms with Gasteiger partial charge in [0.2, 0.25) is 0 Å². The van der Waals surface area contributed by atoms with Crippen LogP contribution in [0, 0.1) is 0 Å². The summed E-state index contributed by atoms with van der Waals surface area (Å²) in [6.07, 6.45) is 3.54. The second-order valence-electron chi connectivity index (χ2n) is 5.21. The van der Waals surface area contributed by atoms with Crippen LogP contribution < -0.4 is 5.73 Å². The number of nitrogens with zero attached hydrogens (tertiary/aromatic N) is 3. The predicted octanol–water partition coefficient (Wildman–Crippen LogP) is 3.99. The summed E-state index contributed by atoms with van der Waals surface area (Å²) in [6, 6.07) is 2.28. The molecule has 5 heteroatoms. The maximum Gasteiger partial charge on any atom is 0.132 e. The molecule has 0 fully saturated rings. The molecule has 0 aliphatic heterocycles. The van der Waals surface area contributed by atoms with Crippen molar-refractivity contribution >= 4 is 21.7 Å². The molecule has 2 aromatic rings. The van der Waals surface area contributed by atoms with Gasteiger partial charge in [0.15, 0.2) is 0 Å². The summed E-state index contributed by atoms with van der Waals surface area (Å²) >= 11 is 3.43. The van der Waals surface area contributed by atoms with E-state index in [1.54, 1.807) is 12.4 Å². The zero-order valence-electron chi connectivity index (χ0n) is 11.7. The second-order valence-corrected chi connectivity index (χ2v) is 6.13. The fourth-order valence-corrected chi connectivity index (χ4v) is 2.53. The van der Waals surface area contributed by atoms with Crippen molar-refractivity contribution in [2.45, 2.75) is 39.7 Å². The molecule has 0 aromatic carbocycles. The zero-order chi connectivity index (χ0) is 14.2. The van der Waals surface area contributed by atoms with Gasteiger partial charge in [-0.25, -0.2) is 4.98 Å². The van der Waals surface area contributed by atoms with Gasteiger partial charge in [-0.2, -0.15) is 0 Å². The third-order valence-electron chi connectivity index (χ3n) is 2.99. The van der Waals surface area contributed by atoms with Crippen molar-refractivity contribution in [2.75, 3.05) is 5.73 Å². The van der Waals surface area contributed by atoms with E-state index >= 15 is 0 Å². The van der Waals surface area contributed by atoms with Crippen LogP contribution in [0.5, 0.6) is 0 Å². The average Bonchev–Trinajstić information content (AvgIpc) is 2.67. The lowest BCUT2D eigenvalue weighted by molar-refractivity contribution is 0.556. The fraction of sp³-hybridized carbons (Fsp3) is 0.429. The normalized spacial score (nSPS) is 11.5. The number of aromatic nitrogens is 3. The standard InChI is InChI=1S/C14H19BrN4/c1-8(2)14-18-12(13(16)19(14)9(3)4)10-5-11(15)7-17-6-10/h5-9H,16H2,1-4H3. The molecule has 0 amide bonds. The van der Waals surface area contributed by atoms with Crippen molar-refractivity contribution in [1.29, 1.82) is 0 Å². The first kappa shape index (κ1) is 14.1. The largest absolute Gasteiger partial charge is 0.383 e. The van der Waals surface area contributed by atoms with Gasteiger partial charge in [-0.1, -0.05) is 13.8 Å². The molecular weight excluding hydrogens is 304 g/mol. The number of rotatable bonds is 3. The van der Waals surface area contributed by atoms with Crippen molar-refractivity contribution in [3.05, 3.63) is 28.8 Å². The zero-order valence-corrected chi connectivity index (χ0v) is 13.3. The first-order valence-corrected chi connectivity index (χ1v) is 7.19. The molecule has 2 rings (SSSR count). The molecule has 0 spiro atoms. The van der Waals surface area contributed by atoms with Gasteiger partial charge < -0.3 is 10.3 Å². The molecule has 0 aliphatic carbocycles. The van der Waals surface area contributed by atoms with Crippen molar-refractivity contribution in [3.8, 4) is 11.3 Å². The van der Waals surface area contributed by atoms with Crippen molar-refractivity contribution in [1.82, 2.24) is 14.5 Å². The Morgan fingerprint density at radius 3 is 2.37 bits per heavy atom. The summed E-state index contributed by atoms with van der Waals surface area (Å²) in [7, 11) is 0. The Morgan fingerprint density at radius 2 is 1.89 bits per heavy atom. The van der Waals surface area contributed by atoms with E-state index in [1.165, 1.54) is 0 Å². The molecule has 0 saturated heterocycles. The van der Waals surface area contributed by atoms with Gasteiger partial charge in [-0.3, -0.25) is 4.98 Å². The van der Waals surface area contributed by atoms with E-state index in [2.05, 4.69) is 53.2 Å². The molecule has 0 aliphatic rings. The number of nitrogens with two attached hydrogens (primary N) is 1. The monoisotopic (exact) mass is 322 g/mol. The van der Waals surface area contributed by atoms with E-state index < -0.39 is 0 Å².